The number of carbonyl (C=O) groups excluding carboxylic acids is 10. The Morgan fingerprint density at radius 1 is 0.347 bits per heavy atom. The molecule has 26 nitrogen and oxygen atoms in total. The zero-order chi connectivity index (χ0) is 72.3. The summed E-state index contributed by atoms with van der Waals surface area (Å²) in [6, 6.07) is 32.5. The number of primary amides is 1. The Bertz CT molecular complexity index is 3690. The molecule has 26 heteroatoms. The summed E-state index contributed by atoms with van der Waals surface area (Å²) < 4.78 is 11.5. The fourth-order valence-corrected chi connectivity index (χ4v) is 11.9. The van der Waals surface area contributed by atoms with Crippen LogP contribution in [0, 0.1) is 0 Å². The average molecular weight is 1390 g/mol. The summed E-state index contributed by atoms with van der Waals surface area (Å²) in [5.41, 5.74) is 33.3. The van der Waals surface area contributed by atoms with E-state index in [1.165, 1.54) is 0 Å². The van der Waals surface area contributed by atoms with Gasteiger partial charge < -0.3 is 86.0 Å². The van der Waals surface area contributed by atoms with E-state index in [1.54, 1.807) is 6.07 Å². The van der Waals surface area contributed by atoms with E-state index in [0.29, 0.717) is 61.6 Å². The fourth-order valence-electron chi connectivity index (χ4n) is 11.9. The third-order valence-corrected chi connectivity index (χ3v) is 17.4. The van der Waals surface area contributed by atoms with Crippen LogP contribution in [0.2, 0.25) is 0 Å². The first-order chi connectivity index (χ1) is 48.9. The molecule has 7 rings (SSSR count). The third-order valence-electron chi connectivity index (χ3n) is 17.4. The van der Waals surface area contributed by atoms with Crippen LogP contribution in [0.3, 0.4) is 0 Å². The Hall–Kier alpha value is -9.70. The summed E-state index contributed by atoms with van der Waals surface area (Å²) >= 11 is 0. The molecule has 6 aromatic rings. The molecule has 1 fully saturated rings. The van der Waals surface area contributed by atoms with Crippen molar-refractivity contribution in [2.75, 3.05) is 59.2 Å². The molecule has 19 N–H and O–H groups in total. The van der Waals surface area contributed by atoms with Crippen LogP contribution in [0.15, 0.2) is 140 Å². The number of ether oxygens (including phenoxy) is 2. The van der Waals surface area contributed by atoms with Gasteiger partial charge in [-0.25, -0.2) is 0 Å². The molecule has 8 atom stereocenters. The molecular weight excluding hydrogens is 1290 g/mol. The third kappa shape index (κ3) is 26.4. The zero-order valence-electron chi connectivity index (χ0n) is 57.4. The van der Waals surface area contributed by atoms with E-state index in [-0.39, 0.29) is 104 Å². The van der Waals surface area contributed by atoms with E-state index >= 15 is 4.79 Å². The van der Waals surface area contributed by atoms with Crippen LogP contribution in [0.1, 0.15) is 100 Å². The topological polar surface area (TPSA) is 428 Å². The lowest BCUT2D eigenvalue weighted by Crippen LogP contribution is -2.61. The molecule has 1 aliphatic rings. The molecule has 0 saturated carbocycles. The highest BCUT2D eigenvalue weighted by Gasteiger charge is 2.36. The second-order valence-electron chi connectivity index (χ2n) is 25.4. The van der Waals surface area contributed by atoms with Gasteiger partial charge in [-0.05, 0) is 153 Å². The van der Waals surface area contributed by atoms with Crippen molar-refractivity contribution in [2.45, 2.75) is 151 Å². The number of carbonyl (C=O) groups is 10. The van der Waals surface area contributed by atoms with Crippen LogP contribution in [0.5, 0.6) is 0 Å². The van der Waals surface area contributed by atoms with Crippen LogP contribution in [0.4, 0.5) is 0 Å². The molecule has 542 valence electrons. The number of hydrogen-bond acceptors (Lipinski definition) is 16. The van der Waals surface area contributed by atoms with Gasteiger partial charge in [0, 0.05) is 25.8 Å². The van der Waals surface area contributed by atoms with Gasteiger partial charge in [-0.15, -0.1) is 0 Å². The average Bonchev–Trinajstić information content (AvgIpc) is 0.847. The minimum absolute atomic E-state index is 0.00163. The smallest absolute Gasteiger partial charge is 0.246 e. The van der Waals surface area contributed by atoms with Crippen molar-refractivity contribution >= 4 is 80.6 Å². The number of rotatable bonds is 25. The molecule has 10 amide bonds. The summed E-state index contributed by atoms with van der Waals surface area (Å²) in [6.45, 7) is 0.372. The van der Waals surface area contributed by atoms with E-state index in [9.17, 15) is 43.2 Å². The maximum absolute atomic E-state index is 15.1. The van der Waals surface area contributed by atoms with Gasteiger partial charge in [-0.3, -0.25) is 47.9 Å². The maximum atomic E-state index is 15.1. The van der Waals surface area contributed by atoms with Gasteiger partial charge in [0.1, 0.15) is 54.9 Å². The van der Waals surface area contributed by atoms with E-state index in [2.05, 4.69) is 47.9 Å². The minimum Gasteiger partial charge on any atom is -0.377 e. The normalized spacial score (nSPS) is 21.2. The molecule has 0 spiro atoms. The molecule has 0 radical (unpaired) electrons. The number of amides is 10. The lowest BCUT2D eigenvalue weighted by molar-refractivity contribution is -0.136. The quantitative estimate of drug-likeness (QED) is 0.0365. The Labute approximate surface area is 589 Å². The molecule has 0 bridgehead atoms. The lowest BCUT2D eigenvalue weighted by Gasteiger charge is -2.28. The van der Waals surface area contributed by atoms with Crippen molar-refractivity contribution in [3.63, 3.8) is 0 Å². The minimum atomic E-state index is -1.71. The number of benzene rings is 6. The Balaban J connectivity index is 1.24. The fraction of sp³-hybridized carbons (Fsp3) is 0.440. The lowest BCUT2D eigenvalue weighted by atomic mass is 9.99. The van der Waals surface area contributed by atoms with Gasteiger partial charge in [-0.2, -0.15) is 0 Å². The monoisotopic (exact) mass is 1390 g/mol. The van der Waals surface area contributed by atoms with E-state index in [1.807, 2.05) is 133 Å². The van der Waals surface area contributed by atoms with Crippen LogP contribution < -0.4 is 76.5 Å². The summed E-state index contributed by atoms with van der Waals surface area (Å²) in [7, 11) is 0. The van der Waals surface area contributed by atoms with Gasteiger partial charge in [0.25, 0.3) is 0 Å². The molecule has 0 unspecified atom stereocenters. The van der Waals surface area contributed by atoms with Crippen molar-refractivity contribution in [3.05, 3.63) is 156 Å². The SMILES string of the molecule is NCCCC[C@@H]1NC(=O)[C@H](Cc2ccc3ccccc3c2)NC(=O)COCCOCCNC(=O)[C@H](Cc2ccc(-c3ccccc3)cc2)NC(=O)[C@H](CCCCN)NC(=O)[C@H](CCCCN)NC(=O)[C@H](Cc2ccc3ccccc3c2)NC(=O)[C@H](CCCCN)NC(=O)[C@H](CC(N)=O)NC1=O. The number of hydrogen-bond donors (Lipinski definition) is 14. The van der Waals surface area contributed by atoms with Crippen LogP contribution in [-0.2, 0) is 76.7 Å². The van der Waals surface area contributed by atoms with Crippen molar-refractivity contribution in [2.24, 2.45) is 28.7 Å². The number of nitrogens with two attached hydrogens (primary N) is 5. The van der Waals surface area contributed by atoms with Gasteiger partial charge in [0.05, 0.1) is 26.2 Å². The highest BCUT2D eigenvalue weighted by Crippen LogP contribution is 2.22. The first kappa shape index (κ1) is 78.6. The second-order valence-corrected chi connectivity index (χ2v) is 25.4. The Kier molecular flexibility index (Phi) is 33.0. The zero-order valence-corrected chi connectivity index (χ0v) is 57.4. The van der Waals surface area contributed by atoms with Crippen molar-refractivity contribution < 1.29 is 57.4 Å². The van der Waals surface area contributed by atoms with Gasteiger partial charge >= 0.3 is 0 Å². The van der Waals surface area contributed by atoms with E-state index < -0.39 is 120 Å². The first-order valence-corrected chi connectivity index (χ1v) is 35.0. The summed E-state index contributed by atoms with van der Waals surface area (Å²) in [6.07, 6.45) is 2.33. The highest BCUT2D eigenvalue weighted by atomic mass is 16.5. The molecule has 6 aromatic carbocycles. The Morgan fingerprint density at radius 3 is 1.14 bits per heavy atom. The maximum Gasteiger partial charge on any atom is 0.246 e. The summed E-state index contributed by atoms with van der Waals surface area (Å²) in [5, 5.41) is 28.7. The summed E-state index contributed by atoms with van der Waals surface area (Å²) in [5.74, 6) is -7.99. The van der Waals surface area contributed by atoms with E-state index in [4.69, 9.17) is 38.1 Å². The molecular formula is C75H100N14O12. The highest BCUT2D eigenvalue weighted by molar-refractivity contribution is 5.99. The van der Waals surface area contributed by atoms with Crippen molar-refractivity contribution in [1.82, 2.24) is 47.9 Å². The molecule has 0 aromatic heterocycles. The number of nitrogens with one attached hydrogen (secondary N) is 9. The number of fused-ring (bicyclic) bond motifs is 2. The standard InChI is InChI=1S/C75H100N14O12/c76-34-12-8-22-58-69(93)83-59(23-9-13-35-77)70(94)87-62(44-49-26-30-55(31-27-49)52-16-2-1-3-17-52)68(92)81-38-39-100-40-41-101-48-67(91)82-63(45-50-28-32-53-18-4-6-20-56(53)42-50)73(97)84-61(25-11-15-37-79)72(96)89-65(47-66(80)90)75(99)86-60(24-10-14-36-78)71(95)88-64(74(98)85-58)46-51-29-33-54-19-5-7-21-57(54)43-51/h1-7,16-21,26-33,42-43,58-65H,8-15,22-25,34-41,44-48,76-79H2,(H2,80,90)(H,81,92)(H,82,91)(H,83,93)(H,84,97)(H,85,98)(H,86,99)(H,87,94)(H,88,95)(H,89,96)/t58-,59-,60-,61-,62-,63-,64-,65-/m0/s1. The van der Waals surface area contributed by atoms with Crippen molar-refractivity contribution in [3.8, 4) is 11.1 Å². The first-order valence-electron chi connectivity index (χ1n) is 35.0. The van der Waals surface area contributed by atoms with Crippen molar-refractivity contribution in [1.29, 1.82) is 0 Å². The molecule has 1 saturated heterocycles. The van der Waals surface area contributed by atoms with Gasteiger partial charge in [0.15, 0.2) is 0 Å². The molecule has 0 aliphatic carbocycles. The largest absolute Gasteiger partial charge is 0.377 e. The molecule has 101 heavy (non-hydrogen) atoms. The summed E-state index contributed by atoms with van der Waals surface area (Å²) in [4.78, 5) is 145. The molecule has 1 heterocycles. The predicted molar refractivity (Wildman–Crippen MR) is 386 cm³/mol. The second kappa shape index (κ2) is 42.4. The number of unbranched alkanes of at least 4 members (excludes halogenated alkanes) is 4. The van der Waals surface area contributed by atoms with Gasteiger partial charge in [0.2, 0.25) is 59.1 Å². The van der Waals surface area contributed by atoms with Crippen LogP contribution in [-0.4, -0.2) is 167 Å². The molecule has 1 aliphatic heterocycles. The van der Waals surface area contributed by atoms with E-state index in [0.717, 1.165) is 32.7 Å². The van der Waals surface area contributed by atoms with Crippen LogP contribution in [0.25, 0.3) is 32.7 Å². The van der Waals surface area contributed by atoms with Gasteiger partial charge in [-0.1, -0.05) is 140 Å². The Morgan fingerprint density at radius 2 is 0.693 bits per heavy atom. The van der Waals surface area contributed by atoms with Crippen LogP contribution >= 0.6 is 0 Å². The predicted octanol–water partition coefficient (Wildman–Crippen LogP) is 2.12.